The summed E-state index contributed by atoms with van der Waals surface area (Å²) in [5, 5.41) is 14.2. The Morgan fingerprint density at radius 3 is 2.57 bits per heavy atom. The summed E-state index contributed by atoms with van der Waals surface area (Å²) in [6, 6.07) is 5.46. The molecule has 0 aromatic heterocycles. The smallest absolute Gasteiger partial charge is 0.326 e. The molecular formula is C15H20N2O4. The number of aliphatic carboxylic acids is 1. The summed E-state index contributed by atoms with van der Waals surface area (Å²) in [6.07, 6.45) is 1.98. The van der Waals surface area contributed by atoms with Crippen molar-refractivity contribution in [1.82, 2.24) is 5.32 Å². The molecule has 21 heavy (non-hydrogen) atoms. The molecule has 6 heteroatoms. The predicted molar refractivity (Wildman–Crippen MR) is 79.2 cm³/mol. The number of carboxylic acid groups (broad SMARTS) is 1. The fourth-order valence-electron chi connectivity index (χ4n) is 1.85. The van der Waals surface area contributed by atoms with Crippen LogP contribution in [0.4, 0.5) is 5.69 Å². The van der Waals surface area contributed by atoms with Crippen LogP contribution in [0.25, 0.3) is 0 Å². The van der Waals surface area contributed by atoms with Crippen LogP contribution in [0.2, 0.25) is 0 Å². The van der Waals surface area contributed by atoms with Crippen LogP contribution in [0.3, 0.4) is 0 Å². The number of rotatable bonds is 7. The molecule has 0 aliphatic heterocycles. The summed E-state index contributed by atoms with van der Waals surface area (Å²) < 4.78 is 0. The zero-order valence-corrected chi connectivity index (χ0v) is 12.2. The van der Waals surface area contributed by atoms with Crippen LogP contribution < -0.4 is 10.6 Å². The van der Waals surface area contributed by atoms with Gasteiger partial charge in [0.05, 0.1) is 0 Å². The number of hydrogen-bond donors (Lipinski definition) is 3. The van der Waals surface area contributed by atoms with Crippen LogP contribution >= 0.6 is 0 Å². The molecule has 114 valence electrons. The van der Waals surface area contributed by atoms with Crippen molar-refractivity contribution in [2.75, 3.05) is 5.32 Å². The topological polar surface area (TPSA) is 95.5 Å². The molecule has 6 nitrogen and oxygen atoms in total. The first-order chi connectivity index (χ1) is 9.93. The van der Waals surface area contributed by atoms with Gasteiger partial charge < -0.3 is 15.7 Å². The van der Waals surface area contributed by atoms with Crippen LogP contribution in [0, 0.1) is 0 Å². The molecule has 0 spiro atoms. The lowest BCUT2D eigenvalue weighted by Crippen LogP contribution is -2.40. The van der Waals surface area contributed by atoms with Gasteiger partial charge >= 0.3 is 5.97 Å². The molecule has 0 aliphatic rings. The van der Waals surface area contributed by atoms with E-state index in [0.717, 1.165) is 12.8 Å². The molecule has 0 saturated heterocycles. The van der Waals surface area contributed by atoms with E-state index in [2.05, 4.69) is 10.6 Å². The number of carboxylic acids is 1. The average molecular weight is 292 g/mol. The minimum Gasteiger partial charge on any atom is -0.480 e. The zero-order chi connectivity index (χ0) is 15.8. The van der Waals surface area contributed by atoms with Crippen molar-refractivity contribution in [3.05, 3.63) is 29.8 Å². The van der Waals surface area contributed by atoms with Crippen molar-refractivity contribution in [2.24, 2.45) is 0 Å². The number of anilines is 1. The van der Waals surface area contributed by atoms with E-state index in [0.29, 0.717) is 17.7 Å². The standard InChI is InChI=1S/C15H20N2O4/c1-3-4-8-13(15(20)21)17-14(19)11-6-5-7-12(9-11)16-10(2)18/h5-7,9,13H,3-4,8H2,1-2H3,(H,16,18)(H,17,19)(H,20,21). The van der Waals surface area contributed by atoms with Crippen LogP contribution in [0.1, 0.15) is 43.5 Å². The summed E-state index contributed by atoms with van der Waals surface area (Å²) in [5.41, 5.74) is 0.805. The molecule has 3 N–H and O–H groups in total. The molecule has 2 amide bonds. The highest BCUT2D eigenvalue weighted by molar-refractivity contribution is 5.98. The summed E-state index contributed by atoms with van der Waals surface area (Å²) in [4.78, 5) is 34.2. The van der Waals surface area contributed by atoms with Crippen LogP contribution in [-0.2, 0) is 9.59 Å². The van der Waals surface area contributed by atoms with Gasteiger partial charge in [-0.15, -0.1) is 0 Å². The van der Waals surface area contributed by atoms with E-state index in [1.54, 1.807) is 18.2 Å². The van der Waals surface area contributed by atoms with Crippen molar-refractivity contribution in [3.8, 4) is 0 Å². The fraction of sp³-hybridized carbons (Fsp3) is 0.400. The molecule has 1 aromatic rings. The van der Waals surface area contributed by atoms with E-state index in [-0.39, 0.29) is 5.91 Å². The summed E-state index contributed by atoms with van der Waals surface area (Å²) in [6.45, 7) is 3.33. The van der Waals surface area contributed by atoms with E-state index >= 15 is 0 Å². The normalized spacial score (nSPS) is 11.5. The predicted octanol–water partition coefficient (Wildman–Crippen LogP) is 2.02. The van der Waals surface area contributed by atoms with Crippen LogP contribution in [0.5, 0.6) is 0 Å². The Kier molecular flexibility index (Phi) is 6.39. The quantitative estimate of drug-likeness (QED) is 0.716. The lowest BCUT2D eigenvalue weighted by Gasteiger charge is -2.14. The molecular weight excluding hydrogens is 272 g/mol. The number of amides is 2. The molecule has 0 saturated carbocycles. The first-order valence-electron chi connectivity index (χ1n) is 6.85. The Morgan fingerprint density at radius 1 is 1.29 bits per heavy atom. The molecule has 0 radical (unpaired) electrons. The number of carbonyl (C=O) groups is 3. The van der Waals surface area contributed by atoms with Gasteiger partial charge in [0.1, 0.15) is 6.04 Å². The van der Waals surface area contributed by atoms with Gasteiger partial charge in [-0.2, -0.15) is 0 Å². The second-order valence-electron chi connectivity index (χ2n) is 4.77. The number of hydrogen-bond acceptors (Lipinski definition) is 3. The Bertz CT molecular complexity index is 528. The third-order valence-corrected chi connectivity index (χ3v) is 2.89. The van der Waals surface area contributed by atoms with Gasteiger partial charge in [0.25, 0.3) is 5.91 Å². The van der Waals surface area contributed by atoms with Crippen molar-refractivity contribution in [3.63, 3.8) is 0 Å². The van der Waals surface area contributed by atoms with Gasteiger partial charge in [-0.1, -0.05) is 25.8 Å². The van der Waals surface area contributed by atoms with Crippen LogP contribution in [-0.4, -0.2) is 28.9 Å². The van der Waals surface area contributed by atoms with Crippen molar-refractivity contribution < 1.29 is 19.5 Å². The summed E-state index contributed by atoms with van der Waals surface area (Å²) in [5.74, 6) is -1.75. The highest BCUT2D eigenvalue weighted by atomic mass is 16.4. The Labute approximate surface area is 123 Å². The highest BCUT2D eigenvalue weighted by Gasteiger charge is 2.20. The monoisotopic (exact) mass is 292 g/mol. The summed E-state index contributed by atoms with van der Waals surface area (Å²) in [7, 11) is 0. The number of nitrogens with one attached hydrogen (secondary N) is 2. The zero-order valence-electron chi connectivity index (χ0n) is 12.2. The first kappa shape index (κ1) is 16.7. The minimum absolute atomic E-state index is 0.237. The Balaban J connectivity index is 2.77. The molecule has 0 heterocycles. The molecule has 1 atom stereocenters. The fourth-order valence-corrected chi connectivity index (χ4v) is 1.85. The maximum atomic E-state index is 12.1. The van der Waals surface area contributed by atoms with Gasteiger partial charge in [-0.3, -0.25) is 9.59 Å². The first-order valence-corrected chi connectivity index (χ1v) is 6.85. The average Bonchev–Trinajstić information content (AvgIpc) is 2.42. The Hall–Kier alpha value is -2.37. The third kappa shape index (κ3) is 5.64. The van der Waals surface area contributed by atoms with E-state index in [1.165, 1.54) is 13.0 Å². The van der Waals surface area contributed by atoms with E-state index in [4.69, 9.17) is 5.11 Å². The molecule has 0 aliphatic carbocycles. The number of benzene rings is 1. The second-order valence-corrected chi connectivity index (χ2v) is 4.77. The van der Waals surface area contributed by atoms with E-state index < -0.39 is 17.9 Å². The molecule has 1 unspecified atom stereocenters. The SMILES string of the molecule is CCCCC(NC(=O)c1cccc(NC(C)=O)c1)C(=O)O. The molecule has 0 bridgehead atoms. The molecule has 1 aromatic carbocycles. The van der Waals surface area contributed by atoms with Gasteiger partial charge in [0.15, 0.2) is 0 Å². The van der Waals surface area contributed by atoms with E-state index in [1.807, 2.05) is 6.92 Å². The Morgan fingerprint density at radius 2 is 2.00 bits per heavy atom. The maximum Gasteiger partial charge on any atom is 0.326 e. The lowest BCUT2D eigenvalue weighted by atomic mass is 10.1. The largest absolute Gasteiger partial charge is 0.480 e. The van der Waals surface area contributed by atoms with Crippen LogP contribution in [0.15, 0.2) is 24.3 Å². The summed E-state index contributed by atoms with van der Waals surface area (Å²) >= 11 is 0. The van der Waals surface area contributed by atoms with Gasteiger partial charge in [-0.25, -0.2) is 4.79 Å². The number of carbonyl (C=O) groups excluding carboxylic acids is 2. The molecule has 0 fully saturated rings. The van der Waals surface area contributed by atoms with Gasteiger partial charge in [-0.05, 0) is 24.6 Å². The molecule has 1 rings (SSSR count). The van der Waals surface area contributed by atoms with Gasteiger partial charge in [0, 0.05) is 18.2 Å². The highest BCUT2D eigenvalue weighted by Crippen LogP contribution is 2.11. The minimum atomic E-state index is -1.05. The van der Waals surface area contributed by atoms with Crippen molar-refractivity contribution in [1.29, 1.82) is 0 Å². The van der Waals surface area contributed by atoms with Crippen molar-refractivity contribution >= 4 is 23.5 Å². The maximum absolute atomic E-state index is 12.1. The lowest BCUT2D eigenvalue weighted by molar-refractivity contribution is -0.139. The number of unbranched alkanes of at least 4 members (excludes halogenated alkanes) is 1. The second kappa shape index (κ2) is 8.04. The van der Waals surface area contributed by atoms with Crippen molar-refractivity contribution in [2.45, 2.75) is 39.2 Å². The third-order valence-electron chi connectivity index (χ3n) is 2.89. The van der Waals surface area contributed by atoms with Gasteiger partial charge in [0.2, 0.25) is 5.91 Å². The van der Waals surface area contributed by atoms with E-state index in [9.17, 15) is 14.4 Å².